The zero-order chi connectivity index (χ0) is 12.8. The first-order chi connectivity index (χ1) is 8.02. The SMILES string of the molecule is CCC(C)CC(C)NCc1csc(C(=O)O)n1. The molecule has 0 fully saturated rings. The first-order valence-corrected chi connectivity index (χ1v) is 6.82. The van der Waals surface area contributed by atoms with Crippen LogP contribution in [0.5, 0.6) is 0 Å². The Morgan fingerprint density at radius 2 is 2.29 bits per heavy atom. The van der Waals surface area contributed by atoms with Gasteiger partial charge < -0.3 is 10.4 Å². The monoisotopic (exact) mass is 256 g/mol. The van der Waals surface area contributed by atoms with E-state index in [-0.39, 0.29) is 5.01 Å². The summed E-state index contributed by atoms with van der Waals surface area (Å²) in [6.07, 6.45) is 2.32. The zero-order valence-electron chi connectivity index (χ0n) is 10.6. The summed E-state index contributed by atoms with van der Waals surface area (Å²) in [6.45, 7) is 7.22. The van der Waals surface area contributed by atoms with Gasteiger partial charge in [0.1, 0.15) is 0 Å². The molecule has 1 aromatic heterocycles. The predicted molar refractivity (Wildman–Crippen MR) is 69.4 cm³/mol. The summed E-state index contributed by atoms with van der Waals surface area (Å²) < 4.78 is 0. The van der Waals surface area contributed by atoms with Gasteiger partial charge in [-0.1, -0.05) is 20.3 Å². The van der Waals surface area contributed by atoms with E-state index in [9.17, 15) is 4.79 Å². The highest BCUT2D eigenvalue weighted by Gasteiger charge is 2.10. The Labute approximate surface area is 106 Å². The Kier molecular flexibility index (Phi) is 5.58. The third-order valence-electron chi connectivity index (χ3n) is 2.82. The fourth-order valence-electron chi connectivity index (χ4n) is 1.62. The minimum atomic E-state index is -0.950. The first kappa shape index (κ1) is 14.1. The normalized spacial score (nSPS) is 14.5. The largest absolute Gasteiger partial charge is 0.476 e. The second-order valence-corrected chi connectivity index (χ2v) is 5.34. The van der Waals surface area contributed by atoms with Crippen molar-refractivity contribution < 1.29 is 9.90 Å². The number of hydrogen-bond acceptors (Lipinski definition) is 4. The summed E-state index contributed by atoms with van der Waals surface area (Å²) >= 11 is 1.18. The summed E-state index contributed by atoms with van der Waals surface area (Å²) in [7, 11) is 0. The minimum Gasteiger partial charge on any atom is -0.476 e. The number of carboxylic acids is 1. The fraction of sp³-hybridized carbons (Fsp3) is 0.667. The molecule has 1 rings (SSSR count). The standard InChI is InChI=1S/C12H20N2O2S/c1-4-8(2)5-9(3)13-6-10-7-17-11(14-10)12(15)16/h7-9,13H,4-6H2,1-3H3,(H,15,16). The van der Waals surface area contributed by atoms with Gasteiger partial charge >= 0.3 is 5.97 Å². The Balaban J connectivity index is 2.36. The second-order valence-electron chi connectivity index (χ2n) is 4.48. The molecule has 1 aromatic rings. The van der Waals surface area contributed by atoms with Gasteiger partial charge in [0, 0.05) is 18.0 Å². The summed E-state index contributed by atoms with van der Waals surface area (Å²) in [5.41, 5.74) is 0.809. The lowest BCUT2D eigenvalue weighted by molar-refractivity contribution is 0.0696. The van der Waals surface area contributed by atoms with E-state index in [0.717, 1.165) is 12.1 Å². The van der Waals surface area contributed by atoms with E-state index in [0.29, 0.717) is 18.5 Å². The van der Waals surface area contributed by atoms with Crippen LogP contribution in [0.4, 0.5) is 0 Å². The lowest BCUT2D eigenvalue weighted by Crippen LogP contribution is -2.27. The average Bonchev–Trinajstić information content (AvgIpc) is 2.75. The van der Waals surface area contributed by atoms with E-state index in [2.05, 4.69) is 31.1 Å². The van der Waals surface area contributed by atoms with Gasteiger partial charge in [0.2, 0.25) is 5.01 Å². The smallest absolute Gasteiger partial charge is 0.365 e. The summed E-state index contributed by atoms with van der Waals surface area (Å²) in [4.78, 5) is 14.7. The van der Waals surface area contributed by atoms with Crippen LogP contribution in [0.3, 0.4) is 0 Å². The molecule has 0 bridgehead atoms. The maximum Gasteiger partial charge on any atom is 0.365 e. The van der Waals surface area contributed by atoms with Gasteiger partial charge in [0.05, 0.1) is 5.69 Å². The summed E-state index contributed by atoms with van der Waals surface area (Å²) in [5.74, 6) is -0.239. The van der Waals surface area contributed by atoms with Crippen molar-refractivity contribution in [2.75, 3.05) is 0 Å². The number of nitrogens with one attached hydrogen (secondary N) is 1. The topological polar surface area (TPSA) is 62.2 Å². The molecular formula is C12H20N2O2S. The minimum absolute atomic E-state index is 0.163. The maximum atomic E-state index is 10.7. The summed E-state index contributed by atoms with van der Waals surface area (Å²) in [5, 5.41) is 14.1. The van der Waals surface area contributed by atoms with Crippen molar-refractivity contribution in [2.24, 2.45) is 5.92 Å². The van der Waals surface area contributed by atoms with Crippen LogP contribution in [0.15, 0.2) is 5.38 Å². The van der Waals surface area contributed by atoms with Gasteiger partial charge in [-0.15, -0.1) is 11.3 Å². The molecule has 2 N–H and O–H groups in total. The molecule has 0 aliphatic heterocycles. The fourth-order valence-corrected chi connectivity index (χ4v) is 2.27. The molecule has 4 nitrogen and oxygen atoms in total. The third kappa shape index (κ3) is 4.83. The molecule has 2 atom stereocenters. The van der Waals surface area contributed by atoms with Crippen molar-refractivity contribution in [1.82, 2.24) is 10.3 Å². The van der Waals surface area contributed by atoms with Crippen molar-refractivity contribution in [3.8, 4) is 0 Å². The van der Waals surface area contributed by atoms with Crippen LogP contribution in [0.1, 0.15) is 49.1 Å². The van der Waals surface area contributed by atoms with E-state index in [1.165, 1.54) is 17.8 Å². The molecule has 0 saturated carbocycles. The van der Waals surface area contributed by atoms with E-state index < -0.39 is 5.97 Å². The number of hydrogen-bond donors (Lipinski definition) is 2. The maximum absolute atomic E-state index is 10.7. The van der Waals surface area contributed by atoms with Crippen molar-refractivity contribution >= 4 is 17.3 Å². The van der Waals surface area contributed by atoms with Gasteiger partial charge in [0.15, 0.2) is 0 Å². The van der Waals surface area contributed by atoms with Crippen molar-refractivity contribution in [2.45, 2.75) is 46.2 Å². The average molecular weight is 256 g/mol. The predicted octanol–water partition coefficient (Wildman–Crippen LogP) is 2.76. The Morgan fingerprint density at radius 1 is 1.59 bits per heavy atom. The molecule has 0 aliphatic rings. The third-order valence-corrected chi connectivity index (χ3v) is 3.70. The number of aromatic nitrogens is 1. The second kappa shape index (κ2) is 6.71. The lowest BCUT2D eigenvalue weighted by atomic mass is 10.0. The number of carboxylic acid groups (broad SMARTS) is 1. The molecule has 0 aliphatic carbocycles. The van der Waals surface area contributed by atoms with E-state index in [1.807, 2.05) is 0 Å². The van der Waals surface area contributed by atoms with Gasteiger partial charge in [-0.3, -0.25) is 0 Å². The van der Waals surface area contributed by atoms with Crippen molar-refractivity contribution in [1.29, 1.82) is 0 Å². The van der Waals surface area contributed by atoms with Gasteiger partial charge in [-0.2, -0.15) is 0 Å². The molecule has 0 saturated heterocycles. The molecule has 0 spiro atoms. The van der Waals surface area contributed by atoms with Crippen LogP contribution < -0.4 is 5.32 Å². The number of carbonyl (C=O) groups is 1. The Morgan fingerprint density at radius 3 is 2.82 bits per heavy atom. The van der Waals surface area contributed by atoms with Crippen molar-refractivity contribution in [3.63, 3.8) is 0 Å². The van der Waals surface area contributed by atoms with Crippen LogP contribution in [0, 0.1) is 5.92 Å². The molecule has 0 radical (unpaired) electrons. The highest BCUT2D eigenvalue weighted by Crippen LogP contribution is 2.12. The van der Waals surface area contributed by atoms with Gasteiger partial charge in [-0.05, 0) is 19.3 Å². The van der Waals surface area contributed by atoms with E-state index in [1.54, 1.807) is 5.38 Å². The Bertz CT molecular complexity index is 365. The van der Waals surface area contributed by atoms with Crippen LogP contribution in [0.2, 0.25) is 0 Å². The molecule has 5 heteroatoms. The van der Waals surface area contributed by atoms with Crippen LogP contribution in [-0.4, -0.2) is 22.1 Å². The van der Waals surface area contributed by atoms with Gasteiger partial charge in [0.25, 0.3) is 0 Å². The molecule has 2 unspecified atom stereocenters. The highest BCUT2D eigenvalue weighted by atomic mass is 32.1. The van der Waals surface area contributed by atoms with E-state index >= 15 is 0 Å². The van der Waals surface area contributed by atoms with Gasteiger partial charge in [-0.25, -0.2) is 9.78 Å². The number of rotatable bonds is 7. The summed E-state index contributed by atoms with van der Waals surface area (Å²) in [6, 6.07) is 0.430. The highest BCUT2D eigenvalue weighted by molar-refractivity contribution is 7.11. The van der Waals surface area contributed by atoms with Crippen molar-refractivity contribution in [3.05, 3.63) is 16.1 Å². The zero-order valence-corrected chi connectivity index (χ0v) is 11.4. The van der Waals surface area contributed by atoms with E-state index in [4.69, 9.17) is 5.11 Å². The first-order valence-electron chi connectivity index (χ1n) is 5.94. The quantitative estimate of drug-likeness (QED) is 0.787. The molecule has 1 heterocycles. The number of nitrogens with zero attached hydrogens (tertiary/aromatic N) is 1. The molecule has 0 amide bonds. The molecule has 96 valence electrons. The van der Waals surface area contributed by atoms with Crippen LogP contribution >= 0.6 is 11.3 Å². The number of thiazole rings is 1. The van der Waals surface area contributed by atoms with Crippen LogP contribution in [0.25, 0.3) is 0 Å². The van der Waals surface area contributed by atoms with Crippen LogP contribution in [-0.2, 0) is 6.54 Å². The molecule has 17 heavy (non-hydrogen) atoms. The Hall–Kier alpha value is -0.940. The molecule has 0 aromatic carbocycles. The lowest BCUT2D eigenvalue weighted by Gasteiger charge is -2.16. The molecular weight excluding hydrogens is 236 g/mol. The number of aromatic carboxylic acids is 1.